The number of aromatic nitrogens is 3. The van der Waals surface area contributed by atoms with E-state index in [0.29, 0.717) is 35.1 Å². The number of hydrogen-bond acceptors (Lipinski definition) is 6. The van der Waals surface area contributed by atoms with Crippen LogP contribution in [-0.2, 0) is 0 Å². The smallest absolute Gasteiger partial charge is 0.256 e. The van der Waals surface area contributed by atoms with Crippen molar-refractivity contribution in [2.24, 2.45) is 0 Å². The average molecular weight is 418 g/mol. The number of amides is 1. The zero-order valence-corrected chi connectivity index (χ0v) is 17.5. The molecule has 2 aromatic carbocycles. The first-order chi connectivity index (χ1) is 15.1. The van der Waals surface area contributed by atoms with Crippen LogP contribution >= 0.6 is 0 Å². The van der Waals surface area contributed by atoms with Gasteiger partial charge in [-0.1, -0.05) is 0 Å². The number of fused-ring (bicyclic) bond motifs is 1. The number of nitrogens with zero attached hydrogens (tertiary/aromatic N) is 3. The molecule has 0 bridgehead atoms. The normalized spacial score (nSPS) is 10.7. The van der Waals surface area contributed by atoms with Crippen LogP contribution in [-0.4, -0.2) is 41.3 Å². The molecule has 0 atom stereocenters. The maximum absolute atomic E-state index is 12.6. The van der Waals surface area contributed by atoms with Crippen molar-refractivity contribution in [3.8, 4) is 28.5 Å². The first-order valence-electron chi connectivity index (χ1n) is 9.74. The number of ether oxygens (including phenoxy) is 3. The van der Waals surface area contributed by atoms with E-state index in [1.165, 1.54) is 0 Å². The van der Waals surface area contributed by atoms with E-state index in [1.807, 2.05) is 31.2 Å². The van der Waals surface area contributed by atoms with E-state index < -0.39 is 0 Å². The molecule has 0 unspecified atom stereocenters. The molecular formula is C23H22N4O4. The standard InChI is InChI=1S/C23H22N4O4/c1-4-31-17-8-5-15(6-9-17)23(28)25-21-14-22-24-12-11-18(27(22)26-21)16-7-10-19(29-2)20(13-16)30-3/h5-14H,4H2,1-3H3,(H,25,26,28). The summed E-state index contributed by atoms with van der Waals surface area (Å²) in [5.41, 5.74) is 2.79. The monoisotopic (exact) mass is 418 g/mol. The minimum Gasteiger partial charge on any atom is -0.494 e. The van der Waals surface area contributed by atoms with Crippen LogP contribution in [0.4, 0.5) is 5.82 Å². The Morgan fingerprint density at radius 2 is 1.77 bits per heavy atom. The second-order valence-electron chi connectivity index (χ2n) is 6.61. The van der Waals surface area contributed by atoms with Gasteiger partial charge in [0.2, 0.25) is 0 Å². The van der Waals surface area contributed by atoms with Crippen molar-refractivity contribution in [3.05, 3.63) is 66.4 Å². The number of nitrogens with one attached hydrogen (secondary N) is 1. The molecule has 4 rings (SSSR count). The van der Waals surface area contributed by atoms with E-state index >= 15 is 0 Å². The molecule has 0 saturated carbocycles. The van der Waals surface area contributed by atoms with E-state index in [0.717, 1.165) is 17.0 Å². The van der Waals surface area contributed by atoms with Crippen LogP contribution in [0.5, 0.6) is 17.2 Å². The van der Waals surface area contributed by atoms with E-state index in [4.69, 9.17) is 14.2 Å². The zero-order chi connectivity index (χ0) is 21.8. The molecule has 0 saturated heterocycles. The van der Waals surface area contributed by atoms with Gasteiger partial charge in [0.25, 0.3) is 5.91 Å². The quantitative estimate of drug-likeness (QED) is 0.487. The third-order valence-corrected chi connectivity index (χ3v) is 4.71. The second-order valence-corrected chi connectivity index (χ2v) is 6.61. The average Bonchev–Trinajstić information content (AvgIpc) is 3.21. The van der Waals surface area contributed by atoms with E-state index in [9.17, 15) is 4.79 Å². The van der Waals surface area contributed by atoms with Crippen molar-refractivity contribution in [2.45, 2.75) is 6.92 Å². The van der Waals surface area contributed by atoms with Crippen molar-refractivity contribution >= 4 is 17.4 Å². The van der Waals surface area contributed by atoms with Crippen molar-refractivity contribution in [2.75, 3.05) is 26.1 Å². The van der Waals surface area contributed by atoms with Crippen LogP contribution in [0.1, 0.15) is 17.3 Å². The summed E-state index contributed by atoms with van der Waals surface area (Å²) in [6.45, 7) is 2.48. The number of hydrogen-bond donors (Lipinski definition) is 1. The van der Waals surface area contributed by atoms with Crippen molar-refractivity contribution < 1.29 is 19.0 Å². The molecule has 8 heteroatoms. The van der Waals surface area contributed by atoms with Crippen LogP contribution in [0.3, 0.4) is 0 Å². The van der Waals surface area contributed by atoms with Gasteiger partial charge < -0.3 is 19.5 Å². The Labute approximate surface area is 179 Å². The third-order valence-electron chi connectivity index (χ3n) is 4.71. The lowest BCUT2D eigenvalue weighted by Crippen LogP contribution is -2.12. The lowest BCUT2D eigenvalue weighted by molar-refractivity contribution is 0.102. The minimum atomic E-state index is -0.265. The first kappa shape index (κ1) is 20.2. The summed E-state index contributed by atoms with van der Waals surface area (Å²) in [6, 6.07) is 16.1. The molecule has 0 radical (unpaired) electrons. The number of rotatable bonds is 7. The Balaban J connectivity index is 1.62. The summed E-state index contributed by atoms with van der Waals surface area (Å²) < 4.78 is 17.8. The highest BCUT2D eigenvalue weighted by molar-refractivity contribution is 6.04. The fourth-order valence-corrected chi connectivity index (χ4v) is 3.23. The summed E-state index contributed by atoms with van der Waals surface area (Å²) in [7, 11) is 3.18. The fraction of sp³-hybridized carbons (Fsp3) is 0.174. The molecule has 8 nitrogen and oxygen atoms in total. The van der Waals surface area contributed by atoms with Gasteiger partial charge >= 0.3 is 0 Å². The Hall–Kier alpha value is -4.07. The highest BCUT2D eigenvalue weighted by atomic mass is 16.5. The number of carbonyl (C=O) groups excluding carboxylic acids is 1. The summed E-state index contributed by atoms with van der Waals surface area (Å²) in [5.74, 6) is 2.11. The zero-order valence-electron chi connectivity index (χ0n) is 17.5. The highest BCUT2D eigenvalue weighted by Gasteiger charge is 2.14. The lowest BCUT2D eigenvalue weighted by Gasteiger charge is -2.10. The van der Waals surface area contributed by atoms with E-state index in [1.54, 1.807) is 55.3 Å². The molecule has 0 aliphatic carbocycles. The van der Waals surface area contributed by atoms with Gasteiger partial charge in [0.15, 0.2) is 23.0 Å². The first-order valence-corrected chi connectivity index (χ1v) is 9.74. The van der Waals surface area contributed by atoms with Gasteiger partial charge in [0.1, 0.15) is 5.75 Å². The molecule has 158 valence electrons. The Bertz CT molecular complexity index is 1220. The van der Waals surface area contributed by atoms with Crippen LogP contribution in [0, 0.1) is 0 Å². The van der Waals surface area contributed by atoms with E-state index in [-0.39, 0.29) is 5.91 Å². The minimum absolute atomic E-state index is 0.265. The topological polar surface area (TPSA) is 87.0 Å². The van der Waals surface area contributed by atoms with E-state index in [2.05, 4.69) is 15.4 Å². The number of carbonyl (C=O) groups is 1. The molecule has 31 heavy (non-hydrogen) atoms. The number of methoxy groups -OCH3 is 2. The van der Waals surface area contributed by atoms with Gasteiger partial charge in [0, 0.05) is 23.4 Å². The second kappa shape index (κ2) is 8.74. The molecule has 2 aromatic heterocycles. The molecule has 2 heterocycles. The lowest BCUT2D eigenvalue weighted by atomic mass is 10.1. The number of benzene rings is 2. The summed E-state index contributed by atoms with van der Waals surface area (Å²) in [5, 5.41) is 7.35. The summed E-state index contributed by atoms with van der Waals surface area (Å²) in [4.78, 5) is 17.0. The van der Waals surface area contributed by atoms with Gasteiger partial charge in [-0.05, 0) is 55.5 Å². The van der Waals surface area contributed by atoms with Gasteiger partial charge in [-0.2, -0.15) is 0 Å². The van der Waals surface area contributed by atoms with Crippen molar-refractivity contribution in [1.29, 1.82) is 0 Å². The molecule has 0 aliphatic rings. The predicted octanol–water partition coefficient (Wildman–Crippen LogP) is 4.06. The highest BCUT2D eigenvalue weighted by Crippen LogP contribution is 2.32. The molecule has 1 N–H and O–H groups in total. The maximum Gasteiger partial charge on any atom is 0.256 e. The summed E-state index contributed by atoms with van der Waals surface area (Å²) >= 11 is 0. The SMILES string of the molecule is CCOc1ccc(C(=O)Nc2cc3nccc(-c4ccc(OC)c(OC)c4)n3n2)cc1. The number of anilines is 1. The Kier molecular flexibility index (Phi) is 5.70. The maximum atomic E-state index is 12.6. The molecule has 0 fully saturated rings. The van der Waals surface area contributed by atoms with Crippen LogP contribution in [0.2, 0.25) is 0 Å². The van der Waals surface area contributed by atoms with Crippen molar-refractivity contribution in [1.82, 2.24) is 14.6 Å². The molecule has 4 aromatic rings. The van der Waals surface area contributed by atoms with Gasteiger partial charge in [-0.15, -0.1) is 5.10 Å². The van der Waals surface area contributed by atoms with Crippen LogP contribution in [0.15, 0.2) is 60.8 Å². The van der Waals surface area contributed by atoms with Crippen LogP contribution in [0.25, 0.3) is 16.9 Å². The van der Waals surface area contributed by atoms with Gasteiger partial charge in [-0.3, -0.25) is 4.79 Å². The molecular weight excluding hydrogens is 396 g/mol. The fourth-order valence-electron chi connectivity index (χ4n) is 3.23. The Morgan fingerprint density at radius 1 is 1.00 bits per heavy atom. The predicted molar refractivity (Wildman–Crippen MR) is 117 cm³/mol. The summed E-state index contributed by atoms with van der Waals surface area (Å²) in [6.07, 6.45) is 1.70. The van der Waals surface area contributed by atoms with Crippen molar-refractivity contribution in [3.63, 3.8) is 0 Å². The van der Waals surface area contributed by atoms with Crippen LogP contribution < -0.4 is 19.5 Å². The molecule has 1 amide bonds. The molecule has 0 spiro atoms. The van der Waals surface area contributed by atoms with Gasteiger partial charge in [0.05, 0.1) is 26.5 Å². The third kappa shape index (κ3) is 4.13. The van der Waals surface area contributed by atoms with Gasteiger partial charge in [-0.25, -0.2) is 9.50 Å². The Morgan fingerprint density at radius 3 is 2.48 bits per heavy atom. The largest absolute Gasteiger partial charge is 0.494 e. The molecule has 0 aliphatic heterocycles.